The minimum atomic E-state index is 0.136. The van der Waals surface area contributed by atoms with Crippen molar-refractivity contribution in [3.63, 3.8) is 0 Å². The average Bonchev–Trinajstić information content (AvgIpc) is 2.81. The van der Waals surface area contributed by atoms with E-state index in [1.807, 2.05) is 19.1 Å². The highest BCUT2D eigenvalue weighted by Crippen LogP contribution is 2.36. The van der Waals surface area contributed by atoms with Gasteiger partial charge in [-0.25, -0.2) is 0 Å². The average molecular weight is 287 g/mol. The zero-order chi connectivity index (χ0) is 14.1. The lowest BCUT2D eigenvalue weighted by Crippen LogP contribution is -2.22. The molecule has 1 aliphatic heterocycles. The molecule has 0 saturated heterocycles. The summed E-state index contributed by atoms with van der Waals surface area (Å²) in [5.41, 5.74) is 11.1. The fraction of sp³-hybridized carbons (Fsp3) is 0.294. The molecule has 20 heavy (non-hydrogen) atoms. The summed E-state index contributed by atoms with van der Waals surface area (Å²) in [4.78, 5) is 2.35. The molecule has 0 spiro atoms. The third-order valence-corrected chi connectivity index (χ3v) is 4.07. The second-order valence-electron chi connectivity index (χ2n) is 5.55. The summed E-state index contributed by atoms with van der Waals surface area (Å²) in [7, 11) is 0. The lowest BCUT2D eigenvalue weighted by atomic mass is 10.0. The monoisotopic (exact) mass is 286 g/mol. The Morgan fingerprint density at radius 1 is 1.10 bits per heavy atom. The molecular weight excluding hydrogens is 268 g/mol. The minimum Gasteiger partial charge on any atom is -0.361 e. The largest absolute Gasteiger partial charge is 0.361 e. The van der Waals surface area contributed by atoms with E-state index in [4.69, 9.17) is 17.3 Å². The number of anilines is 1. The molecule has 0 bridgehead atoms. The molecule has 0 saturated carbocycles. The summed E-state index contributed by atoms with van der Waals surface area (Å²) in [6.07, 6.45) is 0.850. The van der Waals surface area contributed by atoms with E-state index in [9.17, 15) is 0 Å². The Morgan fingerprint density at radius 2 is 1.75 bits per heavy atom. The molecule has 2 nitrogen and oxygen atoms in total. The number of benzene rings is 2. The molecule has 1 unspecified atom stereocenters. The molecule has 3 rings (SSSR count). The van der Waals surface area contributed by atoms with Gasteiger partial charge in [-0.15, -0.1) is 0 Å². The van der Waals surface area contributed by atoms with Crippen LogP contribution >= 0.6 is 11.6 Å². The number of halogens is 1. The van der Waals surface area contributed by atoms with E-state index in [0.717, 1.165) is 30.2 Å². The van der Waals surface area contributed by atoms with E-state index >= 15 is 0 Å². The number of nitrogens with zero attached hydrogens (tertiary/aromatic N) is 1. The summed E-state index contributed by atoms with van der Waals surface area (Å²) >= 11 is 6.45. The van der Waals surface area contributed by atoms with E-state index in [0.29, 0.717) is 0 Å². The predicted octanol–water partition coefficient (Wildman–Crippen LogP) is 3.75. The van der Waals surface area contributed by atoms with Crippen LogP contribution in [0.3, 0.4) is 0 Å². The Hall–Kier alpha value is -1.51. The SMILES string of the molecule is CC(N)Cc1cccc(Cl)c1N1Cc2ccccc2C1. The van der Waals surface area contributed by atoms with Gasteiger partial charge in [0.25, 0.3) is 0 Å². The summed E-state index contributed by atoms with van der Waals surface area (Å²) in [6.45, 7) is 3.88. The van der Waals surface area contributed by atoms with Gasteiger partial charge in [0.15, 0.2) is 0 Å². The van der Waals surface area contributed by atoms with Crippen LogP contribution in [0.25, 0.3) is 0 Å². The molecule has 1 heterocycles. The summed E-state index contributed by atoms with van der Waals surface area (Å²) in [5, 5.41) is 0.816. The van der Waals surface area contributed by atoms with Crippen LogP contribution in [-0.2, 0) is 19.5 Å². The second kappa shape index (κ2) is 5.47. The fourth-order valence-corrected chi connectivity index (χ4v) is 3.23. The molecule has 1 atom stereocenters. The van der Waals surface area contributed by atoms with Crippen molar-refractivity contribution >= 4 is 17.3 Å². The van der Waals surface area contributed by atoms with Crippen LogP contribution in [0.4, 0.5) is 5.69 Å². The normalized spacial score (nSPS) is 15.2. The molecule has 0 radical (unpaired) electrons. The first-order chi connectivity index (χ1) is 9.65. The Morgan fingerprint density at radius 3 is 2.35 bits per heavy atom. The van der Waals surface area contributed by atoms with Gasteiger partial charge in [-0.1, -0.05) is 48.0 Å². The van der Waals surface area contributed by atoms with Crippen molar-refractivity contribution in [2.75, 3.05) is 4.90 Å². The maximum absolute atomic E-state index is 6.45. The smallest absolute Gasteiger partial charge is 0.0642 e. The third kappa shape index (κ3) is 2.54. The molecule has 2 N–H and O–H groups in total. The zero-order valence-corrected chi connectivity index (χ0v) is 12.4. The van der Waals surface area contributed by atoms with Gasteiger partial charge in [-0.05, 0) is 36.1 Å². The van der Waals surface area contributed by atoms with E-state index < -0.39 is 0 Å². The van der Waals surface area contributed by atoms with Gasteiger partial charge in [0.1, 0.15) is 0 Å². The van der Waals surface area contributed by atoms with Crippen molar-refractivity contribution in [1.29, 1.82) is 0 Å². The van der Waals surface area contributed by atoms with Crippen LogP contribution in [0, 0.1) is 0 Å². The maximum Gasteiger partial charge on any atom is 0.0642 e. The van der Waals surface area contributed by atoms with Crippen LogP contribution in [-0.4, -0.2) is 6.04 Å². The third-order valence-electron chi connectivity index (χ3n) is 3.77. The van der Waals surface area contributed by atoms with Gasteiger partial charge >= 0.3 is 0 Å². The Bertz CT molecular complexity index is 597. The predicted molar refractivity (Wildman–Crippen MR) is 85.1 cm³/mol. The van der Waals surface area contributed by atoms with Crippen LogP contribution < -0.4 is 10.6 Å². The number of para-hydroxylation sites is 1. The zero-order valence-electron chi connectivity index (χ0n) is 11.6. The Kier molecular flexibility index (Phi) is 3.68. The van der Waals surface area contributed by atoms with Crippen molar-refractivity contribution in [3.8, 4) is 0 Å². The molecule has 0 fully saturated rings. The molecule has 2 aromatic carbocycles. The molecular formula is C17H19ClN2. The van der Waals surface area contributed by atoms with Gasteiger partial charge in [0, 0.05) is 19.1 Å². The van der Waals surface area contributed by atoms with Crippen LogP contribution in [0.2, 0.25) is 5.02 Å². The number of nitrogens with two attached hydrogens (primary N) is 1. The highest BCUT2D eigenvalue weighted by Gasteiger charge is 2.22. The highest BCUT2D eigenvalue weighted by molar-refractivity contribution is 6.33. The van der Waals surface area contributed by atoms with Crippen molar-refractivity contribution in [2.45, 2.75) is 32.5 Å². The van der Waals surface area contributed by atoms with Gasteiger partial charge in [-0.3, -0.25) is 0 Å². The molecule has 0 aromatic heterocycles. The van der Waals surface area contributed by atoms with Crippen molar-refractivity contribution in [1.82, 2.24) is 0 Å². The highest BCUT2D eigenvalue weighted by atomic mass is 35.5. The van der Waals surface area contributed by atoms with E-state index in [1.165, 1.54) is 16.7 Å². The molecule has 3 heteroatoms. The first-order valence-corrected chi connectivity index (χ1v) is 7.37. The minimum absolute atomic E-state index is 0.136. The van der Waals surface area contributed by atoms with Gasteiger partial charge in [0.05, 0.1) is 10.7 Å². The van der Waals surface area contributed by atoms with Crippen LogP contribution in [0.15, 0.2) is 42.5 Å². The van der Waals surface area contributed by atoms with Crippen LogP contribution in [0.1, 0.15) is 23.6 Å². The Balaban J connectivity index is 1.96. The Labute approximate surface area is 125 Å². The summed E-state index contributed by atoms with van der Waals surface area (Å²) in [6, 6.07) is 14.8. The van der Waals surface area contributed by atoms with Gasteiger partial charge in [0.2, 0.25) is 0 Å². The number of rotatable bonds is 3. The standard InChI is InChI=1S/C17H19ClN2/c1-12(19)9-13-7-4-8-16(18)17(13)20-10-14-5-2-3-6-15(14)11-20/h2-8,12H,9-11,19H2,1H3. The van der Waals surface area contributed by atoms with Crippen molar-refractivity contribution in [3.05, 3.63) is 64.2 Å². The fourth-order valence-electron chi connectivity index (χ4n) is 2.92. The van der Waals surface area contributed by atoms with Crippen molar-refractivity contribution < 1.29 is 0 Å². The summed E-state index contributed by atoms with van der Waals surface area (Å²) < 4.78 is 0. The lowest BCUT2D eigenvalue weighted by molar-refractivity contribution is 0.732. The van der Waals surface area contributed by atoms with E-state index in [2.05, 4.69) is 35.2 Å². The second-order valence-corrected chi connectivity index (χ2v) is 5.96. The topological polar surface area (TPSA) is 29.3 Å². The van der Waals surface area contributed by atoms with Gasteiger partial charge in [-0.2, -0.15) is 0 Å². The van der Waals surface area contributed by atoms with Gasteiger partial charge < -0.3 is 10.6 Å². The molecule has 2 aromatic rings. The number of hydrogen-bond acceptors (Lipinski definition) is 2. The first-order valence-electron chi connectivity index (χ1n) is 7.00. The number of hydrogen-bond donors (Lipinski definition) is 1. The quantitative estimate of drug-likeness (QED) is 0.931. The number of fused-ring (bicyclic) bond motifs is 1. The summed E-state index contributed by atoms with van der Waals surface area (Å²) in [5.74, 6) is 0. The molecule has 0 aliphatic carbocycles. The van der Waals surface area contributed by atoms with E-state index in [1.54, 1.807) is 0 Å². The maximum atomic E-state index is 6.45. The molecule has 1 aliphatic rings. The molecule has 104 valence electrons. The van der Waals surface area contributed by atoms with Crippen molar-refractivity contribution in [2.24, 2.45) is 5.73 Å². The molecule has 0 amide bonds. The van der Waals surface area contributed by atoms with E-state index in [-0.39, 0.29) is 6.04 Å². The van der Waals surface area contributed by atoms with Crippen LogP contribution in [0.5, 0.6) is 0 Å². The lowest BCUT2D eigenvalue weighted by Gasteiger charge is -2.23. The first kappa shape index (κ1) is 13.5.